The first-order valence-corrected chi connectivity index (χ1v) is 25.3. The number of thioether (sulfide) groups is 1. The summed E-state index contributed by atoms with van der Waals surface area (Å²) in [5.41, 5.74) is 4.25. The van der Waals surface area contributed by atoms with Crippen molar-refractivity contribution in [3.63, 3.8) is 0 Å². The summed E-state index contributed by atoms with van der Waals surface area (Å²) in [6, 6.07) is 0. The van der Waals surface area contributed by atoms with Crippen molar-refractivity contribution in [1.82, 2.24) is 30.2 Å². The summed E-state index contributed by atoms with van der Waals surface area (Å²) in [4.78, 5) is 98.5. The lowest BCUT2D eigenvalue weighted by molar-refractivity contribution is -0.137. The molecule has 0 bridgehead atoms. The van der Waals surface area contributed by atoms with Crippen molar-refractivity contribution in [1.29, 1.82) is 0 Å². The highest BCUT2D eigenvalue weighted by atomic mass is 32.2. The van der Waals surface area contributed by atoms with Gasteiger partial charge in [-0.05, 0) is 32.1 Å². The Morgan fingerprint density at radius 1 is 0.938 bits per heavy atom. The van der Waals surface area contributed by atoms with Crippen molar-refractivity contribution < 1.29 is 90.4 Å². The number of aromatic nitrogens is 4. The summed E-state index contributed by atoms with van der Waals surface area (Å²) in [5, 5.41) is 35.1. The molecule has 7 unspecified atom stereocenters. The predicted molar refractivity (Wildman–Crippen MR) is 225 cm³/mol. The number of ether oxygens (including phenoxy) is 1. The van der Waals surface area contributed by atoms with Gasteiger partial charge in [0.1, 0.15) is 36.3 Å². The Hall–Kier alpha value is -3.23. The predicted octanol–water partition coefficient (Wildman–Crippen LogP) is 1.82. The van der Waals surface area contributed by atoms with Crippen LogP contribution in [0, 0.1) is 5.41 Å². The van der Waals surface area contributed by atoms with Gasteiger partial charge in [-0.2, -0.15) is 4.31 Å². The number of carbonyl (C=O) groups excluding carboxylic acids is 3. The smallest absolute Gasteiger partial charge is 0.481 e. The van der Waals surface area contributed by atoms with Gasteiger partial charge >= 0.3 is 29.4 Å². The molecule has 2 aromatic heterocycles. The van der Waals surface area contributed by atoms with E-state index in [1.807, 2.05) is 12.2 Å². The third-order valence-electron chi connectivity index (χ3n) is 9.19. The maximum Gasteiger partial charge on any atom is 0.481 e. The van der Waals surface area contributed by atoms with E-state index in [4.69, 9.17) is 24.6 Å². The van der Waals surface area contributed by atoms with Crippen LogP contribution in [0.2, 0.25) is 0 Å². The number of anilines is 1. The van der Waals surface area contributed by atoms with Crippen molar-refractivity contribution in [3.8, 4) is 0 Å². The number of nitrogens with zero attached hydrogens (tertiary/aromatic N) is 4. The Morgan fingerprint density at radius 3 is 2.30 bits per heavy atom. The molecule has 1 aliphatic heterocycles. The van der Waals surface area contributed by atoms with Gasteiger partial charge in [0, 0.05) is 43.5 Å². The van der Waals surface area contributed by atoms with Gasteiger partial charge in [0.15, 0.2) is 22.8 Å². The number of phosphoric ester groups is 3. The van der Waals surface area contributed by atoms with Crippen LogP contribution in [0.4, 0.5) is 5.82 Å². The van der Waals surface area contributed by atoms with Crippen LogP contribution < -0.4 is 16.4 Å². The zero-order valence-corrected chi connectivity index (χ0v) is 38.4. The molecule has 1 aliphatic rings. The molecule has 26 nitrogen and oxygen atoms in total. The highest BCUT2D eigenvalue weighted by molar-refractivity contribution is 8.13. The molecule has 0 radical (unpaired) electrons. The van der Waals surface area contributed by atoms with Gasteiger partial charge in [0.05, 0.1) is 19.5 Å². The number of phosphoric acid groups is 3. The lowest BCUT2D eigenvalue weighted by atomic mass is 9.87. The van der Waals surface area contributed by atoms with Gasteiger partial charge in [-0.25, -0.2) is 28.6 Å². The summed E-state index contributed by atoms with van der Waals surface area (Å²) in [6.45, 7) is 0.452. The number of hydrogen-bond donors (Lipinski definition) is 10. The van der Waals surface area contributed by atoms with E-state index in [9.17, 15) is 62.7 Å². The van der Waals surface area contributed by atoms with Crippen LogP contribution in [0.5, 0.6) is 0 Å². The van der Waals surface area contributed by atoms with E-state index in [0.717, 1.165) is 67.5 Å². The first-order valence-electron chi connectivity index (χ1n) is 19.8. The number of aliphatic carboxylic acids is 1. The van der Waals surface area contributed by atoms with Crippen LogP contribution in [0.1, 0.15) is 84.3 Å². The Kier molecular flexibility index (Phi) is 22.1. The minimum absolute atomic E-state index is 0.00417. The number of fused-ring (bicyclic) bond motifs is 1. The molecule has 30 heteroatoms. The third-order valence-corrected chi connectivity index (χ3v) is 13.2. The normalized spacial score (nSPS) is 20.5. The first kappa shape index (κ1) is 55.1. The molecular weight excluding hydrogens is 935 g/mol. The molecule has 1 saturated heterocycles. The third kappa shape index (κ3) is 19.3. The number of amides is 2. The second-order valence-electron chi connectivity index (χ2n) is 15.0. The van der Waals surface area contributed by atoms with Crippen LogP contribution in [-0.2, 0) is 55.5 Å². The number of allylic oxidation sites excluding steroid dienone is 2. The largest absolute Gasteiger partial charge is 0.481 e. The topological polar surface area (TPSA) is 401 Å². The Balaban J connectivity index is 1.35. The SMILES string of the molecule is CC(C)(COP(=O)(O)OP(=O)(O)OCC1OC(n2cnc3c(N)ncnc32)C(O)C1OP(=O)(O)O)C(O)C(=O)NCCC(=O)NCCSC(=O)CCCCCC/C=C/CCCC(=O)O. The standard InChI is InChI=1S/C34H56N7O19P3S/c1-34(2,29(47)32(48)37-15-14-23(42)36-16-17-64-25(45)13-11-9-7-5-3-4-6-8-10-12-24(43)44)19-57-63(54,55)60-62(52,53)56-18-22-28(59-61(49,50)51)27(46)33(58-22)41-21-40-26-30(35)38-20-39-31(26)41/h4,6,20-22,27-29,33,46-47H,3,5,7-19H2,1-2H3,(H,36,42)(H,37,48)(H,43,44)(H,52,53)(H,54,55)(H2,35,38,39)(H2,49,50,51)/b6-4+. The second-order valence-corrected chi connectivity index (χ2v) is 20.4. The highest BCUT2D eigenvalue weighted by Crippen LogP contribution is 2.61. The molecule has 1 fully saturated rings. The fourth-order valence-corrected chi connectivity index (χ4v) is 9.41. The zero-order chi connectivity index (χ0) is 47.7. The van der Waals surface area contributed by atoms with Crippen LogP contribution >= 0.6 is 35.2 Å². The summed E-state index contributed by atoms with van der Waals surface area (Å²) in [5.74, 6) is -1.93. The van der Waals surface area contributed by atoms with E-state index >= 15 is 0 Å². The summed E-state index contributed by atoms with van der Waals surface area (Å²) in [6.07, 6.45) is 3.48. The van der Waals surface area contributed by atoms with Crippen LogP contribution in [0.15, 0.2) is 24.8 Å². The molecule has 11 N–H and O–H groups in total. The number of hydrogen-bond acceptors (Lipinski definition) is 19. The van der Waals surface area contributed by atoms with Gasteiger partial charge in [-0.3, -0.25) is 37.3 Å². The quantitative estimate of drug-likeness (QED) is 0.0303. The average molecular weight is 992 g/mol. The average Bonchev–Trinajstić information content (AvgIpc) is 3.76. The number of nitrogens with one attached hydrogen (secondary N) is 2. The van der Waals surface area contributed by atoms with Crippen molar-refractivity contribution in [2.45, 2.75) is 109 Å². The van der Waals surface area contributed by atoms with Crippen LogP contribution in [-0.4, -0.2) is 134 Å². The molecule has 0 spiro atoms. The number of imidazole rings is 1. The molecule has 362 valence electrons. The molecule has 3 rings (SSSR count). The van der Waals surface area contributed by atoms with Gasteiger partial charge in [0.25, 0.3) is 0 Å². The lowest BCUT2D eigenvalue weighted by Gasteiger charge is -2.30. The Bertz CT molecular complexity index is 2060. The first-order chi connectivity index (χ1) is 29.9. The minimum atomic E-state index is -5.58. The van der Waals surface area contributed by atoms with Crippen molar-refractivity contribution in [2.75, 3.05) is 37.8 Å². The molecule has 0 aromatic carbocycles. The van der Waals surface area contributed by atoms with Gasteiger partial charge in [-0.15, -0.1) is 0 Å². The summed E-state index contributed by atoms with van der Waals surface area (Å²) >= 11 is 1.10. The number of nitrogen functional groups attached to an aromatic ring is 1. The fourth-order valence-electron chi connectivity index (χ4n) is 5.86. The molecule has 64 heavy (non-hydrogen) atoms. The highest BCUT2D eigenvalue weighted by Gasteiger charge is 2.50. The number of unbranched alkanes of at least 4 members (excludes halogenated alkanes) is 5. The van der Waals surface area contributed by atoms with Gasteiger partial charge in [-0.1, -0.05) is 50.6 Å². The number of carboxylic acid groups (broad SMARTS) is 1. The maximum atomic E-state index is 12.7. The molecule has 3 heterocycles. The van der Waals surface area contributed by atoms with Crippen molar-refractivity contribution in [3.05, 3.63) is 24.8 Å². The van der Waals surface area contributed by atoms with E-state index in [-0.39, 0.29) is 48.0 Å². The molecule has 2 aromatic rings. The molecular formula is C34H56N7O19P3S. The summed E-state index contributed by atoms with van der Waals surface area (Å²) < 4.78 is 62.3. The number of carbonyl (C=O) groups is 4. The van der Waals surface area contributed by atoms with E-state index < -0.39 is 90.5 Å². The molecule has 0 saturated carbocycles. The summed E-state index contributed by atoms with van der Waals surface area (Å²) in [7, 11) is -16.4. The van der Waals surface area contributed by atoms with Crippen molar-refractivity contribution >= 4 is 75.1 Å². The van der Waals surface area contributed by atoms with Crippen LogP contribution in [0.25, 0.3) is 11.2 Å². The monoisotopic (exact) mass is 991 g/mol. The Morgan fingerprint density at radius 2 is 1.61 bits per heavy atom. The molecule has 0 aliphatic carbocycles. The van der Waals surface area contributed by atoms with Crippen molar-refractivity contribution in [2.24, 2.45) is 5.41 Å². The molecule has 2 amide bonds. The minimum Gasteiger partial charge on any atom is -0.481 e. The van der Waals surface area contributed by atoms with Gasteiger partial charge < -0.3 is 56.0 Å². The number of nitrogens with two attached hydrogens (primary N) is 1. The zero-order valence-electron chi connectivity index (χ0n) is 34.9. The fraction of sp³-hybridized carbons (Fsp3) is 0.676. The van der Waals surface area contributed by atoms with E-state index in [1.54, 1.807) is 0 Å². The van der Waals surface area contributed by atoms with E-state index in [2.05, 4.69) is 34.4 Å². The lowest BCUT2D eigenvalue weighted by Crippen LogP contribution is -2.46. The van der Waals surface area contributed by atoms with E-state index in [1.165, 1.54) is 13.8 Å². The number of aliphatic hydroxyl groups excluding tert-OH is 2. The number of rotatable bonds is 30. The maximum absolute atomic E-state index is 12.7. The van der Waals surface area contributed by atoms with E-state index in [0.29, 0.717) is 18.6 Å². The number of carboxylic acids is 1. The van der Waals surface area contributed by atoms with Gasteiger partial charge in [0.2, 0.25) is 11.8 Å². The number of aliphatic hydroxyl groups is 2. The van der Waals surface area contributed by atoms with Crippen LogP contribution in [0.3, 0.4) is 0 Å². The second kappa shape index (κ2) is 25.6. The Labute approximate surface area is 371 Å². The molecule has 7 atom stereocenters.